The molecule has 1 amide bonds. The van der Waals surface area contributed by atoms with Crippen molar-refractivity contribution in [2.24, 2.45) is 0 Å². The van der Waals surface area contributed by atoms with E-state index in [9.17, 15) is 14.0 Å². The number of halogens is 1. The monoisotopic (exact) mass is 331 g/mol. The van der Waals surface area contributed by atoms with Crippen LogP contribution >= 0.6 is 0 Å². The van der Waals surface area contributed by atoms with Gasteiger partial charge in [0.1, 0.15) is 12.4 Å². The van der Waals surface area contributed by atoms with Crippen LogP contribution in [-0.4, -0.2) is 17.2 Å². The number of aliphatic carboxylic acids is 1. The number of hydrogen-bond acceptors (Lipinski definition) is 3. The largest absolute Gasteiger partial charge is 0.481 e. The summed E-state index contributed by atoms with van der Waals surface area (Å²) in [5, 5.41) is 11.4. The van der Waals surface area contributed by atoms with E-state index in [1.165, 1.54) is 12.1 Å². The van der Waals surface area contributed by atoms with Crippen LogP contribution in [0.3, 0.4) is 0 Å². The quantitative estimate of drug-likeness (QED) is 0.848. The Labute approximate surface area is 139 Å². The lowest BCUT2D eigenvalue weighted by molar-refractivity contribution is -0.137. The van der Waals surface area contributed by atoms with Crippen LogP contribution in [0.4, 0.5) is 9.18 Å². The third-order valence-corrected chi connectivity index (χ3v) is 3.41. The molecule has 0 heterocycles. The van der Waals surface area contributed by atoms with Crippen LogP contribution in [-0.2, 0) is 16.1 Å². The van der Waals surface area contributed by atoms with Crippen molar-refractivity contribution in [3.8, 4) is 0 Å². The van der Waals surface area contributed by atoms with Crippen molar-refractivity contribution in [1.29, 1.82) is 0 Å². The standard InChI is InChI=1S/C18H18FNO4/c1-12-7-8-15(19)14(9-12)16(10-17(21)22)20-18(23)24-11-13-5-3-2-4-6-13/h2-9,16H,10-11H2,1H3,(H,20,23)(H,21,22). The summed E-state index contributed by atoms with van der Waals surface area (Å²) in [6.07, 6.45) is -1.24. The number of rotatable bonds is 6. The number of carbonyl (C=O) groups is 2. The first kappa shape index (κ1) is 17.5. The van der Waals surface area contributed by atoms with Crippen molar-refractivity contribution in [2.45, 2.75) is 26.0 Å². The summed E-state index contributed by atoms with van der Waals surface area (Å²) >= 11 is 0. The lowest BCUT2D eigenvalue weighted by Gasteiger charge is -2.18. The molecule has 1 atom stereocenters. The molecule has 5 nitrogen and oxygen atoms in total. The summed E-state index contributed by atoms with van der Waals surface area (Å²) < 4.78 is 19.1. The minimum Gasteiger partial charge on any atom is -0.481 e. The third-order valence-electron chi connectivity index (χ3n) is 3.41. The first-order valence-corrected chi connectivity index (χ1v) is 7.41. The fourth-order valence-corrected chi connectivity index (χ4v) is 2.25. The summed E-state index contributed by atoms with van der Waals surface area (Å²) in [5.41, 5.74) is 1.68. The molecule has 0 radical (unpaired) electrons. The average molecular weight is 331 g/mol. The van der Waals surface area contributed by atoms with Crippen LogP contribution in [0.25, 0.3) is 0 Å². The first-order chi connectivity index (χ1) is 11.5. The van der Waals surface area contributed by atoms with Crippen molar-refractivity contribution < 1.29 is 23.8 Å². The highest BCUT2D eigenvalue weighted by Gasteiger charge is 2.22. The molecule has 1 unspecified atom stereocenters. The van der Waals surface area contributed by atoms with E-state index in [1.54, 1.807) is 25.1 Å². The first-order valence-electron chi connectivity index (χ1n) is 7.41. The molecule has 0 fully saturated rings. The SMILES string of the molecule is Cc1ccc(F)c(C(CC(=O)O)NC(=O)OCc2ccccc2)c1. The number of carboxylic acids is 1. The number of hydrogen-bond donors (Lipinski definition) is 2. The van der Waals surface area contributed by atoms with E-state index in [0.29, 0.717) is 0 Å². The Balaban J connectivity index is 2.06. The number of alkyl carbamates (subject to hydrolysis) is 1. The minimum atomic E-state index is -1.15. The summed E-state index contributed by atoms with van der Waals surface area (Å²) in [5.74, 6) is -1.72. The molecule has 6 heteroatoms. The zero-order chi connectivity index (χ0) is 17.5. The molecule has 0 bridgehead atoms. The van der Waals surface area contributed by atoms with Gasteiger partial charge >= 0.3 is 12.1 Å². The van der Waals surface area contributed by atoms with Gasteiger partial charge in [-0.15, -0.1) is 0 Å². The molecule has 0 saturated carbocycles. The Morgan fingerprint density at radius 2 is 1.92 bits per heavy atom. The molecule has 2 rings (SSSR count). The average Bonchev–Trinajstić information content (AvgIpc) is 2.55. The number of ether oxygens (including phenoxy) is 1. The topological polar surface area (TPSA) is 75.6 Å². The van der Waals surface area contributed by atoms with Crippen molar-refractivity contribution in [2.75, 3.05) is 0 Å². The molecular weight excluding hydrogens is 313 g/mol. The lowest BCUT2D eigenvalue weighted by atomic mass is 10.0. The van der Waals surface area contributed by atoms with Crippen LogP contribution in [0, 0.1) is 12.7 Å². The summed E-state index contributed by atoms with van der Waals surface area (Å²) in [7, 11) is 0. The Hall–Kier alpha value is -2.89. The minimum absolute atomic E-state index is 0.0444. The smallest absolute Gasteiger partial charge is 0.407 e. The number of aryl methyl sites for hydroxylation is 1. The van der Waals surface area contributed by atoms with Crippen LogP contribution in [0.1, 0.15) is 29.2 Å². The van der Waals surface area contributed by atoms with E-state index < -0.39 is 30.3 Å². The molecule has 0 aliphatic carbocycles. The Morgan fingerprint density at radius 3 is 2.58 bits per heavy atom. The second-order valence-corrected chi connectivity index (χ2v) is 5.38. The second-order valence-electron chi connectivity index (χ2n) is 5.38. The zero-order valence-electron chi connectivity index (χ0n) is 13.2. The normalized spacial score (nSPS) is 11.6. The van der Waals surface area contributed by atoms with Gasteiger partial charge in [-0.05, 0) is 18.6 Å². The fraction of sp³-hybridized carbons (Fsp3) is 0.222. The van der Waals surface area contributed by atoms with Gasteiger partial charge in [-0.2, -0.15) is 0 Å². The number of amides is 1. The van der Waals surface area contributed by atoms with Gasteiger partial charge in [0.15, 0.2) is 0 Å². The molecular formula is C18H18FNO4. The molecule has 2 aromatic carbocycles. The van der Waals surface area contributed by atoms with Gasteiger partial charge in [0, 0.05) is 5.56 Å². The van der Waals surface area contributed by atoms with E-state index in [-0.39, 0.29) is 12.2 Å². The number of benzene rings is 2. The second kappa shape index (κ2) is 8.10. The number of carboxylic acid groups (broad SMARTS) is 1. The Kier molecular flexibility index (Phi) is 5.89. The number of carbonyl (C=O) groups excluding carboxylic acids is 1. The molecule has 2 aromatic rings. The van der Waals surface area contributed by atoms with Gasteiger partial charge < -0.3 is 15.2 Å². The predicted octanol–water partition coefficient (Wildman–Crippen LogP) is 3.58. The highest BCUT2D eigenvalue weighted by Crippen LogP contribution is 2.22. The molecule has 0 saturated heterocycles. The van der Waals surface area contributed by atoms with Gasteiger partial charge in [0.05, 0.1) is 12.5 Å². The highest BCUT2D eigenvalue weighted by molar-refractivity contribution is 5.72. The van der Waals surface area contributed by atoms with Gasteiger partial charge in [-0.1, -0.05) is 48.0 Å². The van der Waals surface area contributed by atoms with Crippen LogP contribution in [0.2, 0.25) is 0 Å². The van der Waals surface area contributed by atoms with Crippen molar-refractivity contribution in [1.82, 2.24) is 5.32 Å². The maximum Gasteiger partial charge on any atom is 0.407 e. The highest BCUT2D eigenvalue weighted by atomic mass is 19.1. The van der Waals surface area contributed by atoms with E-state index in [4.69, 9.17) is 9.84 Å². The maximum atomic E-state index is 14.0. The predicted molar refractivity (Wildman–Crippen MR) is 85.9 cm³/mol. The molecule has 126 valence electrons. The van der Waals surface area contributed by atoms with Crippen LogP contribution < -0.4 is 5.32 Å². The van der Waals surface area contributed by atoms with Gasteiger partial charge in [-0.3, -0.25) is 4.79 Å². The zero-order valence-corrected chi connectivity index (χ0v) is 13.2. The summed E-state index contributed by atoms with van der Waals surface area (Å²) in [6, 6.07) is 12.4. The van der Waals surface area contributed by atoms with Gasteiger partial charge in [0.2, 0.25) is 0 Å². The molecule has 0 aromatic heterocycles. The molecule has 2 N–H and O–H groups in total. The maximum absolute atomic E-state index is 14.0. The van der Waals surface area contributed by atoms with E-state index >= 15 is 0 Å². The van der Waals surface area contributed by atoms with Crippen molar-refractivity contribution in [3.05, 3.63) is 71.0 Å². The van der Waals surface area contributed by atoms with E-state index in [2.05, 4.69) is 5.32 Å². The summed E-state index contributed by atoms with van der Waals surface area (Å²) in [6.45, 7) is 1.80. The van der Waals surface area contributed by atoms with Crippen molar-refractivity contribution in [3.63, 3.8) is 0 Å². The van der Waals surface area contributed by atoms with Gasteiger partial charge in [-0.25, -0.2) is 9.18 Å². The lowest BCUT2D eigenvalue weighted by Crippen LogP contribution is -2.31. The molecule has 24 heavy (non-hydrogen) atoms. The summed E-state index contributed by atoms with van der Waals surface area (Å²) in [4.78, 5) is 23.0. The Bertz CT molecular complexity index is 718. The molecule has 0 aliphatic rings. The van der Waals surface area contributed by atoms with Crippen molar-refractivity contribution >= 4 is 12.1 Å². The van der Waals surface area contributed by atoms with Crippen LogP contribution in [0.5, 0.6) is 0 Å². The molecule has 0 spiro atoms. The van der Waals surface area contributed by atoms with E-state index in [0.717, 1.165) is 11.1 Å². The number of nitrogens with one attached hydrogen (secondary N) is 1. The third kappa shape index (κ3) is 5.08. The Morgan fingerprint density at radius 1 is 1.21 bits per heavy atom. The fourth-order valence-electron chi connectivity index (χ4n) is 2.25. The van der Waals surface area contributed by atoms with E-state index in [1.807, 2.05) is 18.2 Å². The molecule has 0 aliphatic heterocycles. The van der Waals surface area contributed by atoms with Gasteiger partial charge in [0.25, 0.3) is 0 Å². The van der Waals surface area contributed by atoms with Crippen LogP contribution in [0.15, 0.2) is 48.5 Å².